The molecule has 0 unspecified atom stereocenters. The fourth-order valence-corrected chi connectivity index (χ4v) is 4.44. The molecule has 1 aromatic rings. The molecule has 2 atom stereocenters. The van der Waals surface area contributed by atoms with E-state index < -0.39 is 38.9 Å². The maximum atomic E-state index is 12.4. The summed E-state index contributed by atoms with van der Waals surface area (Å²) in [6, 6.07) is 7.68. The Morgan fingerprint density at radius 3 is 1.80 bits per heavy atom. The molecular weight excluding hydrogens is 284 g/mol. The Bertz CT molecular complexity index is 600. The second kappa shape index (κ2) is 5.24. The van der Waals surface area contributed by atoms with E-state index in [0.29, 0.717) is 0 Å². The molecule has 2 N–H and O–H groups in total. The number of rotatable bonds is 4. The van der Waals surface area contributed by atoms with Crippen LogP contribution in [0.5, 0.6) is 0 Å². The first kappa shape index (κ1) is 14.5. The molecule has 0 heterocycles. The number of benzene rings is 1. The highest BCUT2D eigenvalue weighted by molar-refractivity contribution is 7.92. The van der Waals surface area contributed by atoms with Gasteiger partial charge in [0.1, 0.15) is 0 Å². The van der Waals surface area contributed by atoms with E-state index in [1.54, 1.807) is 18.2 Å². The van der Waals surface area contributed by atoms with Crippen LogP contribution in [-0.2, 0) is 19.4 Å². The fraction of sp³-hybridized carbons (Fsp3) is 0.385. The lowest BCUT2D eigenvalue weighted by molar-refractivity contribution is -0.152. The van der Waals surface area contributed by atoms with Crippen molar-refractivity contribution in [2.45, 2.75) is 23.0 Å². The Morgan fingerprint density at radius 1 is 0.950 bits per heavy atom. The highest BCUT2D eigenvalue weighted by atomic mass is 32.2. The van der Waals surface area contributed by atoms with Gasteiger partial charge in [0.25, 0.3) is 0 Å². The molecule has 0 amide bonds. The summed E-state index contributed by atoms with van der Waals surface area (Å²) in [6.45, 7) is 0. The highest BCUT2D eigenvalue weighted by Crippen LogP contribution is 2.38. The molecule has 1 saturated carbocycles. The molecule has 7 heteroatoms. The van der Waals surface area contributed by atoms with Crippen molar-refractivity contribution in [3.05, 3.63) is 30.3 Å². The van der Waals surface area contributed by atoms with Gasteiger partial charge in [-0.2, -0.15) is 0 Å². The van der Waals surface area contributed by atoms with Gasteiger partial charge in [-0.15, -0.1) is 0 Å². The minimum absolute atomic E-state index is 0.0974. The zero-order valence-electron chi connectivity index (χ0n) is 10.5. The fourth-order valence-electron chi connectivity index (χ4n) is 2.59. The normalized spacial score (nSPS) is 23.6. The molecule has 1 aromatic carbocycles. The number of carbonyl (C=O) groups is 2. The molecule has 2 rings (SSSR count). The number of hydrogen-bond donors (Lipinski definition) is 2. The van der Waals surface area contributed by atoms with Crippen molar-refractivity contribution in [1.29, 1.82) is 0 Å². The third-order valence-electron chi connectivity index (χ3n) is 3.66. The van der Waals surface area contributed by atoms with E-state index in [-0.39, 0.29) is 17.7 Å². The largest absolute Gasteiger partial charge is 0.481 e. The average molecular weight is 298 g/mol. The van der Waals surface area contributed by atoms with E-state index in [0.717, 1.165) is 0 Å². The van der Waals surface area contributed by atoms with Crippen molar-refractivity contribution in [3.8, 4) is 0 Å². The lowest BCUT2D eigenvalue weighted by Gasteiger charge is -2.11. The minimum Gasteiger partial charge on any atom is -0.481 e. The Morgan fingerprint density at radius 2 is 1.40 bits per heavy atom. The maximum absolute atomic E-state index is 12.4. The van der Waals surface area contributed by atoms with Crippen LogP contribution in [0.15, 0.2) is 35.2 Å². The van der Waals surface area contributed by atoms with Gasteiger partial charge in [-0.1, -0.05) is 18.2 Å². The van der Waals surface area contributed by atoms with Crippen molar-refractivity contribution >= 4 is 21.8 Å². The van der Waals surface area contributed by atoms with Gasteiger partial charge in [0.2, 0.25) is 0 Å². The van der Waals surface area contributed by atoms with Gasteiger partial charge in [-0.05, 0) is 25.0 Å². The molecule has 6 nitrogen and oxygen atoms in total. The summed E-state index contributed by atoms with van der Waals surface area (Å²) in [5.41, 5.74) is 0. The maximum Gasteiger partial charge on any atom is 0.307 e. The summed E-state index contributed by atoms with van der Waals surface area (Å²) >= 11 is 0. The van der Waals surface area contributed by atoms with E-state index in [1.807, 2.05) is 0 Å². The molecule has 0 aromatic heterocycles. The Kier molecular flexibility index (Phi) is 3.80. The van der Waals surface area contributed by atoms with Crippen LogP contribution in [0.2, 0.25) is 0 Å². The molecule has 1 aliphatic rings. The molecule has 0 spiro atoms. The third-order valence-corrected chi connectivity index (χ3v) is 5.86. The quantitative estimate of drug-likeness (QED) is 0.859. The Balaban J connectivity index is 2.32. The summed E-state index contributed by atoms with van der Waals surface area (Å²) in [4.78, 5) is 22.2. The van der Waals surface area contributed by atoms with Crippen molar-refractivity contribution in [2.24, 2.45) is 11.8 Å². The van der Waals surface area contributed by atoms with E-state index >= 15 is 0 Å². The third kappa shape index (κ3) is 2.53. The SMILES string of the molecule is O=C(O)[C@@H]1CC(S(=O)(=O)c2ccccc2)C[C@H]1C(=O)O. The summed E-state index contributed by atoms with van der Waals surface area (Å²) in [6.07, 6.45) is -0.326. The van der Waals surface area contributed by atoms with Gasteiger partial charge in [0, 0.05) is 0 Å². The number of carboxylic acids is 2. The van der Waals surface area contributed by atoms with Crippen LogP contribution in [0.3, 0.4) is 0 Å². The van der Waals surface area contributed by atoms with Gasteiger partial charge >= 0.3 is 11.9 Å². The second-order valence-electron chi connectivity index (χ2n) is 4.84. The predicted molar refractivity (Wildman–Crippen MR) is 68.9 cm³/mol. The van der Waals surface area contributed by atoms with Crippen LogP contribution in [-0.4, -0.2) is 35.8 Å². The van der Waals surface area contributed by atoms with Gasteiger partial charge in [-0.3, -0.25) is 9.59 Å². The number of hydrogen-bond acceptors (Lipinski definition) is 4. The van der Waals surface area contributed by atoms with Crippen molar-refractivity contribution in [2.75, 3.05) is 0 Å². The average Bonchev–Trinajstić information content (AvgIpc) is 2.85. The molecule has 0 radical (unpaired) electrons. The molecule has 108 valence electrons. The smallest absolute Gasteiger partial charge is 0.307 e. The first-order valence-electron chi connectivity index (χ1n) is 6.08. The molecule has 0 saturated heterocycles. The summed E-state index contributed by atoms with van der Waals surface area (Å²) < 4.78 is 24.8. The molecule has 0 aliphatic heterocycles. The Labute approximate surface area is 116 Å². The van der Waals surface area contributed by atoms with Crippen molar-refractivity contribution in [1.82, 2.24) is 0 Å². The predicted octanol–water partition coefficient (Wildman–Crippen LogP) is 1.02. The van der Waals surface area contributed by atoms with Gasteiger partial charge in [-0.25, -0.2) is 8.42 Å². The van der Waals surface area contributed by atoms with Gasteiger partial charge in [0.15, 0.2) is 9.84 Å². The molecule has 20 heavy (non-hydrogen) atoms. The first-order valence-corrected chi connectivity index (χ1v) is 7.63. The molecule has 0 bridgehead atoms. The van der Waals surface area contributed by atoms with Gasteiger partial charge < -0.3 is 10.2 Å². The van der Waals surface area contributed by atoms with E-state index in [9.17, 15) is 18.0 Å². The number of carboxylic acid groups (broad SMARTS) is 2. The number of aliphatic carboxylic acids is 2. The summed E-state index contributed by atoms with van der Waals surface area (Å²) in [5.74, 6) is -4.83. The van der Waals surface area contributed by atoms with Gasteiger partial charge in [0.05, 0.1) is 22.0 Å². The van der Waals surface area contributed by atoms with Crippen LogP contribution < -0.4 is 0 Å². The van der Waals surface area contributed by atoms with Crippen LogP contribution in [0, 0.1) is 11.8 Å². The standard InChI is InChI=1S/C13H14O6S/c14-12(15)10-6-9(7-11(10)13(16)17)20(18,19)8-4-2-1-3-5-8/h1-5,9-11H,6-7H2,(H,14,15)(H,16,17)/t10-,11-/m1/s1. The zero-order valence-corrected chi connectivity index (χ0v) is 11.3. The van der Waals surface area contributed by atoms with Crippen LogP contribution >= 0.6 is 0 Å². The summed E-state index contributed by atoms with van der Waals surface area (Å²) in [7, 11) is -3.70. The first-order chi connectivity index (χ1) is 9.34. The van der Waals surface area contributed by atoms with Crippen LogP contribution in [0.4, 0.5) is 0 Å². The van der Waals surface area contributed by atoms with Crippen molar-refractivity contribution in [3.63, 3.8) is 0 Å². The summed E-state index contributed by atoms with van der Waals surface area (Å²) in [5, 5.41) is 17.1. The lowest BCUT2D eigenvalue weighted by Crippen LogP contribution is -2.24. The minimum atomic E-state index is -3.70. The Hall–Kier alpha value is -1.89. The lowest BCUT2D eigenvalue weighted by atomic mass is 9.97. The zero-order chi connectivity index (χ0) is 14.9. The number of sulfone groups is 1. The molecule has 1 aliphatic carbocycles. The highest BCUT2D eigenvalue weighted by Gasteiger charge is 2.47. The topological polar surface area (TPSA) is 109 Å². The monoisotopic (exact) mass is 298 g/mol. The van der Waals surface area contributed by atoms with Crippen LogP contribution in [0.1, 0.15) is 12.8 Å². The molecular formula is C13H14O6S. The molecule has 1 fully saturated rings. The second-order valence-corrected chi connectivity index (χ2v) is 7.07. The van der Waals surface area contributed by atoms with E-state index in [2.05, 4.69) is 0 Å². The van der Waals surface area contributed by atoms with Crippen molar-refractivity contribution < 1.29 is 28.2 Å². The van der Waals surface area contributed by atoms with E-state index in [4.69, 9.17) is 10.2 Å². The van der Waals surface area contributed by atoms with Crippen LogP contribution in [0.25, 0.3) is 0 Å². The van der Waals surface area contributed by atoms with E-state index in [1.165, 1.54) is 12.1 Å².